The second-order valence-corrected chi connectivity index (χ2v) is 5.93. The van der Waals surface area contributed by atoms with Gasteiger partial charge in [0.1, 0.15) is 23.1 Å². The van der Waals surface area contributed by atoms with Crippen LogP contribution in [0.3, 0.4) is 0 Å². The molecule has 3 rings (SSSR count). The average molecular weight is 378 g/mol. The molecule has 0 atom stereocenters. The summed E-state index contributed by atoms with van der Waals surface area (Å²) in [4.78, 5) is 3.75. The van der Waals surface area contributed by atoms with Crippen LogP contribution in [0.4, 0.5) is 19.0 Å². The minimum absolute atomic E-state index is 0.0357. The van der Waals surface area contributed by atoms with E-state index in [1.54, 1.807) is 18.2 Å². The molecule has 5 nitrogen and oxygen atoms in total. The van der Waals surface area contributed by atoms with Gasteiger partial charge in [-0.2, -0.15) is 28.2 Å². The van der Waals surface area contributed by atoms with Crippen molar-refractivity contribution >= 4 is 17.4 Å². The molecule has 0 spiro atoms. The SMILES string of the molecule is Cc1ccc(-c2nn(-c3ccc(C(F)(F)F)cn3)c(N)c2C#N)c(Cl)c1. The first-order valence-electron chi connectivity index (χ1n) is 7.31. The Bertz CT molecular complexity index is 1020. The van der Waals surface area contributed by atoms with Gasteiger partial charge in [-0.3, -0.25) is 0 Å². The van der Waals surface area contributed by atoms with Gasteiger partial charge in [0.25, 0.3) is 0 Å². The molecule has 26 heavy (non-hydrogen) atoms. The second-order valence-electron chi connectivity index (χ2n) is 5.52. The number of halogens is 4. The number of alkyl halides is 3. The molecule has 0 unspecified atom stereocenters. The summed E-state index contributed by atoms with van der Waals surface area (Å²) in [5, 5.41) is 14.0. The van der Waals surface area contributed by atoms with Crippen molar-refractivity contribution in [2.75, 3.05) is 5.73 Å². The van der Waals surface area contributed by atoms with Crippen LogP contribution in [0.15, 0.2) is 36.5 Å². The molecule has 0 radical (unpaired) electrons. The summed E-state index contributed by atoms with van der Waals surface area (Å²) in [7, 11) is 0. The Morgan fingerprint density at radius 3 is 2.50 bits per heavy atom. The molecule has 2 N–H and O–H groups in total. The number of nitrogens with two attached hydrogens (primary N) is 1. The zero-order valence-electron chi connectivity index (χ0n) is 13.3. The van der Waals surface area contributed by atoms with Crippen LogP contribution in [0.1, 0.15) is 16.7 Å². The first-order valence-corrected chi connectivity index (χ1v) is 7.69. The number of aromatic nitrogens is 3. The van der Waals surface area contributed by atoms with E-state index in [-0.39, 0.29) is 22.9 Å². The molecule has 9 heteroatoms. The minimum atomic E-state index is -4.50. The lowest BCUT2D eigenvalue weighted by atomic mass is 10.1. The predicted molar refractivity (Wildman–Crippen MR) is 90.7 cm³/mol. The minimum Gasteiger partial charge on any atom is -0.382 e. The zero-order chi connectivity index (χ0) is 19.1. The van der Waals surface area contributed by atoms with E-state index in [4.69, 9.17) is 17.3 Å². The van der Waals surface area contributed by atoms with Gasteiger partial charge in [-0.1, -0.05) is 23.7 Å². The molecule has 0 amide bonds. The summed E-state index contributed by atoms with van der Waals surface area (Å²) in [6.45, 7) is 1.86. The third-order valence-electron chi connectivity index (χ3n) is 3.70. The van der Waals surface area contributed by atoms with Crippen molar-refractivity contribution in [3.05, 3.63) is 58.2 Å². The maximum absolute atomic E-state index is 12.7. The Labute approximate surface area is 151 Å². The van der Waals surface area contributed by atoms with E-state index in [1.807, 2.05) is 13.0 Å². The molecule has 2 aromatic heterocycles. The number of anilines is 1. The number of pyridine rings is 1. The maximum atomic E-state index is 12.7. The van der Waals surface area contributed by atoms with E-state index in [1.165, 1.54) is 0 Å². The Hall–Kier alpha value is -3.05. The number of benzene rings is 1. The van der Waals surface area contributed by atoms with Crippen LogP contribution in [0.2, 0.25) is 5.02 Å². The number of aryl methyl sites for hydroxylation is 1. The molecule has 0 bridgehead atoms. The molecule has 3 aromatic rings. The molecule has 132 valence electrons. The smallest absolute Gasteiger partial charge is 0.382 e. The van der Waals surface area contributed by atoms with Crippen LogP contribution in [0.5, 0.6) is 0 Å². The van der Waals surface area contributed by atoms with E-state index in [2.05, 4.69) is 10.1 Å². The van der Waals surface area contributed by atoms with Crippen molar-refractivity contribution in [1.29, 1.82) is 5.26 Å². The lowest BCUT2D eigenvalue weighted by Gasteiger charge is -2.07. The summed E-state index contributed by atoms with van der Waals surface area (Å²) in [5.41, 5.74) is 6.78. The van der Waals surface area contributed by atoms with Gasteiger partial charge in [0.05, 0.1) is 10.6 Å². The van der Waals surface area contributed by atoms with Gasteiger partial charge in [-0.15, -0.1) is 0 Å². The fourth-order valence-electron chi connectivity index (χ4n) is 2.40. The average Bonchev–Trinajstić information content (AvgIpc) is 2.90. The van der Waals surface area contributed by atoms with Crippen LogP contribution in [-0.4, -0.2) is 14.8 Å². The van der Waals surface area contributed by atoms with Gasteiger partial charge in [0, 0.05) is 11.8 Å². The fraction of sp³-hybridized carbons (Fsp3) is 0.118. The molecule has 0 aliphatic rings. The Kier molecular flexibility index (Phi) is 4.34. The fourth-order valence-corrected chi connectivity index (χ4v) is 2.72. The summed E-state index contributed by atoms with van der Waals surface area (Å²) >= 11 is 6.23. The van der Waals surface area contributed by atoms with Crippen LogP contribution >= 0.6 is 11.6 Å². The zero-order valence-corrected chi connectivity index (χ0v) is 14.1. The highest BCUT2D eigenvalue weighted by molar-refractivity contribution is 6.33. The molecule has 0 aliphatic carbocycles. The second kappa shape index (κ2) is 6.35. The lowest BCUT2D eigenvalue weighted by molar-refractivity contribution is -0.137. The first kappa shape index (κ1) is 17.8. The molecular formula is C17H11ClF3N5. The Morgan fingerprint density at radius 1 is 1.23 bits per heavy atom. The third kappa shape index (κ3) is 3.09. The summed E-state index contributed by atoms with van der Waals surface area (Å²) in [6, 6.07) is 9.17. The molecule has 0 aliphatic heterocycles. The van der Waals surface area contributed by atoms with E-state index in [0.29, 0.717) is 16.8 Å². The molecular weight excluding hydrogens is 367 g/mol. The van der Waals surface area contributed by atoms with E-state index >= 15 is 0 Å². The van der Waals surface area contributed by atoms with Crippen LogP contribution in [0, 0.1) is 18.3 Å². The number of hydrogen-bond acceptors (Lipinski definition) is 4. The molecule has 0 saturated carbocycles. The molecule has 2 heterocycles. The lowest BCUT2D eigenvalue weighted by Crippen LogP contribution is -2.08. The first-order chi connectivity index (χ1) is 12.2. The molecule has 1 aromatic carbocycles. The third-order valence-corrected chi connectivity index (χ3v) is 4.02. The number of nitrogens with zero attached hydrogens (tertiary/aromatic N) is 4. The summed E-state index contributed by atoms with van der Waals surface area (Å²) in [5.74, 6) is 0.0212. The largest absolute Gasteiger partial charge is 0.417 e. The Morgan fingerprint density at radius 2 is 1.96 bits per heavy atom. The van der Waals surface area contributed by atoms with E-state index < -0.39 is 11.7 Å². The quantitative estimate of drug-likeness (QED) is 0.719. The maximum Gasteiger partial charge on any atom is 0.417 e. The predicted octanol–water partition coefficient (Wildman–Crippen LogP) is 4.37. The molecule has 0 fully saturated rings. The van der Waals surface area contributed by atoms with Crippen LogP contribution < -0.4 is 5.73 Å². The van der Waals surface area contributed by atoms with Crippen molar-refractivity contribution < 1.29 is 13.2 Å². The monoisotopic (exact) mass is 377 g/mol. The van der Waals surface area contributed by atoms with Crippen molar-refractivity contribution in [3.63, 3.8) is 0 Å². The number of rotatable bonds is 2. The highest BCUT2D eigenvalue weighted by Gasteiger charge is 2.31. The topological polar surface area (TPSA) is 80.5 Å². The van der Waals surface area contributed by atoms with Gasteiger partial charge >= 0.3 is 6.18 Å². The standard InChI is InChI=1S/C17H11ClF3N5/c1-9-2-4-11(13(18)6-9)15-12(7-22)16(23)26(25-15)14-5-3-10(8-24-14)17(19,20)21/h2-6,8H,23H2,1H3. The van der Waals surface area contributed by atoms with Crippen molar-refractivity contribution in [2.24, 2.45) is 0 Å². The van der Waals surface area contributed by atoms with Gasteiger partial charge < -0.3 is 5.73 Å². The van der Waals surface area contributed by atoms with Gasteiger partial charge in [0.15, 0.2) is 5.82 Å². The normalized spacial score (nSPS) is 11.4. The highest BCUT2D eigenvalue weighted by atomic mass is 35.5. The summed E-state index contributed by atoms with van der Waals surface area (Å²) in [6.07, 6.45) is -3.82. The van der Waals surface area contributed by atoms with Crippen molar-refractivity contribution in [3.8, 4) is 23.1 Å². The Balaban J connectivity index is 2.13. The number of hydrogen-bond donors (Lipinski definition) is 1. The number of nitrogen functional groups attached to an aromatic ring is 1. The molecule has 0 saturated heterocycles. The summed E-state index contributed by atoms with van der Waals surface area (Å²) < 4.78 is 39.1. The highest BCUT2D eigenvalue weighted by Crippen LogP contribution is 2.34. The van der Waals surface area contributed by atoms with Crippen LogP contribution in [0.25, 0.3) is 17.1 Å². The van der Waals surface area contributed by atoms with Gasteiger partial charge in [0.2, 0.25) is 0 Å². The van der Waals surface area contributed by atoms with E-state index in [9.17, 15) is 18.4 Å². The van der Waals surface area contributed by atoms with Gasteiger partial charge in [-0.25, -0.2) is 4.98 Å². The van der Waals surface area contributed by atoms with E-state index in [0.717, 1.165) is 22.4 Å². The van der Waals surface area contributed by atoms with Crippen molar-refractivity contribution in [2.45, 2.75) is 13.1 Å². The number of nitriles is 1. The van der Waals surface area contributed by atoms with Crippen LogP contribution in [-0.2, 0) is 6.18 Å². The van der Waals surface area contributed by atoms with Crippen molar-refractivity contribution in [1.82, 2.24) is 14.8 Å². The van der Waals surface area contributed by atoms with Gasteiger partial charge in [-0.05, 0) is 30.7 Å².